The molecular weight excluding hydrogens is 1280 g/mol. The molecule has 570 valence electrons. The van der Waals surface area contributed by atoms with Crippen molar-refractivity contribution in [3.63, 3.8) is 0 Å². The lowest BCUT2D eigenvalue weighted by molar-refractivity contribution is -0.161. The molecule has 0 saturated carbocycles. The minimum absolute atomic E-state index is 0.0202. The molecule has 0 aromatic heterocycles. The predicted octanol–water partition coefficient (Wildman–Crippen LogP) is 22.4. The van der Waals surface area contributed by atoms with E-state index in [1.165, 1.54) is 135 Å². The van der Waals surface area contributed by atoms with E-state index in [-0.39, 0.29) is 25.7 Å². The van der Waals surface area contributed by atoms with Crippen LogP contribution >= 0.6 is 15.6 Å². The second-order valence-corrected chi connectivity index (χ2v) is 29.2. The molecule has 0 spiro atoms. The van der Waals surface area contributed by atoms with Crippen molar-refractivity contribution in [1.29, 1.82) is 0 Å². The molecule has 0 saturated heterocycles. The Bertz CT molecular complexity index is 2140. The van der Waals surface area contributed by atoms with Gasteiger partial charge in [0.15, 0.2) is 12.2 Å². The lowest BCUT2D eigenvalue weighted by atomic mass is 10.0. The van der Waals surface area contributed by atoms with Crippen LogP contribution in [0.4, 0.5) is 0 Å². The van der Waals surface area contributed by atoms with Crippen LogP contribution in [0, 0.1) is 0 Å². The van der Waals surface area contributed by atoms with Gasteiger partial charge in [0.2, 0.25) is 0 Å². The first kappa shape index (κ1) is 94.5. The summed E-state index contributed by atoms with van der Waals surface area (Å²) in [6, 6.07) is 0. The van der Waals surface area contributed by atoms with Gasteiger partial charge in [0, 0.05) is 25.7 Å². The van der Waals surface area contributed by atoms with Crippen molar-refractivity contribution >= 4 is 39.5 Å². The number of carbonyl (C=O) groups excluding carboxylic acids is 4. The summed E-state index contributed by atoms with van der Waals surface area (Å²) in [7, 11) is -9.96. The van der Waals surface area contributed by atoms with E-state index in [1.807, 2.05) is 12.2 Å². The average Bonchev–Trinajstić information content (AvgIpc) is 1.02. The molecule has 0 radical (unpaired) electrons. The number of hydrogen-bond acceptors (Lipinski definition) is 15. The molecule has 98 heavy (non-hydrogen) atoms. The number of aliphatic hydroxyl groups excluding tert-OH is 1. The van der Waals surface area contributed by atoms with Crippen molar-refractivity contribution in [3.05, 3.63) is 72.9 Å². The minimum Gasteiger partial charge on any atom is -0.462 e. The number of allylic oxidation sites excluding steroid dienone is 12. The van der Waals surface area contributed by atoms with Gasteiger partial charge in [-0.3, -0.25) is 37.3 Å². The fraction of sp³-hybridized carbons (Fsp3) is 0.797. The summed E-state index contributed by atoms with van der Waals surface area (Å²) in [6.45, 7) is 4.79. The molecule has 0 rings (SSSR count). The molecule has 0 bridgehead atoms. The van der Waals surface area contributed by atoms with Gasteiger partial charge < -0.3 is 33.8 Å². The lowest BCUT2D eigenvalue weighted by Gasteiger charge is -2.21. The van der Waals surface area contributed by atoms with E-state index in [0.29, 0.717) is 32.1 Å². The Labute approximate surface area is 596 Å². The third kappa shape index (κ3) is 70.9. The van der Waals surface area contributed by atoms with Crippen molar-refractivity contribution < 1.29 is 80.2 Å². The van der Waals surface area contributed by atoms with Crippen molar-refractivity contribution in [2.24, 2.45) is 0 Å². The van der Waals surface area contributed by atoms with Crippen molar-refractivity contribution in [1.82, 2.24) is 0 Å². The Morgan fingerprint density at radius 2 is 0.510 bits per heavy atom. The minimum atomic E-state index is -4.99. The molecule has 0 aliphatic rings. The molecule has 0 heterocycles. The Morgan fingerprint density at radius 1 is 0.286 bits per heavy atom. The van der Waals surface area contributed by atoms with Crippen LogP contribution in [0.5, 0.6) is 0 Å². The highest BCUT2D eigenvalue weighted by Crippen LogP contribution is 2.45. The quantitative estimate of drug-likeness (QED) is 0.0169. The molecule has 2 unspecified atom stereocenters. The molecule has 17 nitrogen and oxygen atoms in total. The standard InChI is InChI=1S/C79H142O17P2/c1-5-9-13-17-21-25-29-33-35-36-38-42-46-50-54-58-62-66-79(84)96-75(70-90-77(82)64-60-56-52-48-44-41-37-34-30-26-22-18-14-10-6-2)72-94-98(87,88)92-68-73(80)67-91-97(85,86)93-71-74(95-78(83)65-61-57-53-49-45-40-32-28-24-20-16-12-8-4)69-89-76(81)63-59-55-51-47-43-39-31-27-23-19-15-11-7-3/h21,25,27,31,33-35,37-38,42,50,54,73-75,80H,5-20,22-24,26,28-30,32,36,39-41,43-49,51-53,55-72H2,1-4H3,(H,85,86)(H,87,88)/b25-21-,31-27-,35-33-,37-34-,42-38-,54-50-/t73-,74-,75-/m1/s1. The Kier molecular flexibility index (Phi) is 69.3. The van der Waals surface area contributed by atoms with Gasteiger partial charge in [0.05, 0.1) is 26.4 Å². The summed E-state index contributed by atoms with van der Waals surface area (Å²) in [5.74, 6) is -2.23. The number of carbonyl (C=O) groups is 4. The van der Waals surface area contributed by atoms with E-state index < -0.39 is 97.5 Å². The number of phosphoric ester groups is 2. The van der Waals surface area contributed by atoms with Crippen LogP contribution in [0.1, 0.15) is 349 Å². The zero-order valence-corrected chi connectivity index (χ0v) is 64.0. The fourth-order valence-electron chi connectivity index (χ4n) is 10.6. The predicted molar refractivity (Wildman–Crippen MR) is 400 cm³/mol. The van der Waals surface area contributed by atoms with Gasteiger partial charge in [-0.15, -0.1) is 0 Å². The van der Waals surface area contributed by atoms with Crippen LogP contribution in [0.25, 0.3) is 0 Å². The Balaban J connectivity index is 5.39. The largest absolute Gasteiger partial charge is 0.472 e. The first-order valence-electron chi connectivity index (χ1n) is 39.2. The Morgan fingerprint density at radius 3 is 0.847 bits per heavy atom. The van der Waals surface area contributed by atoms with Crippen LogP contribution in [0.15, 0.2) is 72.9 Å². The number of aliphatic hydroxyl groups is 1. The third-order valence-corrected chi connectivity index (χ3v) is 18.5. The van der Waals surface area contributed by atoms with Crippen LogP contribution in [0.2, 0.25) is 0 Å². The summed E-state index contributed by atoms with van der Waals surface area (Å²) >= 11 is 0. The summed E-state index contributed by atoms with van der Waals surface area (Å²) in [5.41, 5.74) is 0. The number of ether oxygens (including phenoxy) is 4. The molecule has 0 fully saturated rings. The van der Waals surface area contributed by atoms with Gasteiger partial charge in [0.25, 0.3) is 0 Å². The van der Waals surface area contributed by atoms with E-state index in [0.717, 1.165) is 128 Å². The number of unbranched alkanes of at least 4 members (excludes halogenated alkanes) is 36. The molecule has 0 aromatic rings. The number of esters is 4. The van der Waals surface area contributed by atoms with Crippen LogP contribution < -0.4 is 0 Å². The highest BCUT2D eigenvalue weighted by Gasteiger charge is 2.30. The maximum Gasteiger partial charge on any atom is 0.472 e. The first-order chi connectivity index (χ1) is 47.7. The smallest absolute Gasteiger partial charge is 0.462 e. The summed E-state index contributed by atoms with van der Waals surface area (Å²) in [4.78, 5) is 72.8. The average molecular weight is 1430 g/mol. The highest BCUT2D eigenvalue weighted by atomic mass is 31.2. The molecule has 0 amide bonds. The maximum absolute atomic E-state index is 13.1. The van der Waals surface area contributed by atoms with Gasteiger partial charge in [-0.2, -0.15) is 0 Å². The zero-order valence-electron chi connectivity index (χ0n) is 62.2. The maximum atomic E-state index is 13.1. The van der Waals surface area contributed by atoms with E-state index >= 15 is 0 Å². The summed E-state index contributed by atoms with van der Waals surface area (Å²) < 4.78 is 68.4. The van der Waals surface area contributed by atoms with Gasteiger partial charge >= 0.3 is 39.5 Å². The molecule has 0 aliphatic heterocycles. The van der Waals surface area contributed by atoms with Crippen LogP contribution in [0.3, 0.4) is 0 Å². The van der Waals surface area contributed by atoms with E-state index in [2.05, 4.69) is 88.5 Å². The molecule has 5 atom stereocenters. The summed E-state index contributed by atoms with van der Waals surface area (Å²) in [5, 5.41) is 10.6. The van der Waals surface area contributed by atoms with E-state index in [4.69, 9.17) is 37.0 Å². The number of phosphoric acid groups is 2. The van der Waals surface area contributed by atoms with Crippen molar-refractivity contribution in [2.45, 2.75) is 367 Å². The molecule has 3 N–H and O–H groups in total. The fourth-order valence-corrected chi connectivity index (χ4v) is 12.2. The van der Waals surface area contributed by atoms with Gasteiger partial charge in [-0.1, -0.05) is 280 Å². The van der Waals surface area contributed by atoms with E-state index in [9.17, 15) is 43.2 Å². The SMILES string of the molecule is CCCCC/C=C\C/C=C\C/C=C\C/C=C\CCCC(=O)O[C@H](COC(=O)CCCCCCC/C=C\CCCCCCCC)COP(=O)(O)OC[C@H](O)COP(=O)(O)OC[C@@H](COC(=O)CCCCCCC/C=C\CCCCCC)OC(=O)CCCCCCCCCCCCCCC. The van der Waals surface area contributed by atoms with Gasteiger partial charge in [-0.25, -0.2) is 9.13 Å². The molecular formula is C79H142O17P2. The van der Waals surface area contributed by atoms with E-state index in [1.54, 1.807) is 0 Å². The third-order valence-electron chi connectivity index (χ3n) is 16.6. The van der Waals surface area contributed by atoms with Crippen molar-refractivity contribution in [3.8, 4) is 0 Å². The Hall–Kier alpha value is -3.50. The molecule has 0 aliphatic carbocycles. The summed E-state index contributed by atoms with van der Waals surface area (Å²) in [6.07, 6.45) is 71.8. The second kappa shape index (κ2) is 71.9. The van der Waals surface area contributed by atoms with Crippen LogP contribution in [-0.2, 0) is 65.4 Å². The van der Waals surface area contributed by atoms with Crippen molar-refractivity contribution in [2.75, 3.05) is 39.6 Å². The zero-order chi connectivity index (χ0) is 71.8. The van der Waals surface area contributed by atoms with Gasteiger partial charge in [-0.05, 0) is 116 Å². The topological polar surface area (TPSA) is 237 Å². The van der Waals surface area contributed by atoms with Crippen LogP contribution in [-0.4, -0.2) is 96.7 Å². The monoisotopic (exact) mass is 1420 g/mol. The number of rotatable bonds is 74. The molecule has 19 heteroatoms. The highest BCUT2D eigenvalue weighted by molar-refractivity contribution is 7.47. The first-order valence-corrected chi connectivity index (χ1v) is 42.2. The van der Waals surface area contributed by atoms with Gasteiger partial charge in [0.1, 0.15) is 19.3 Å². The second-order valence-electron chi connectivity index (χ2n) is 26.3. The molecule has 0 aromatic carbocycles. The normalized spacial score (nSPS) is 14.3. The number of hydrogen-bond donors (Lipinski definition) is 3. The lowest BCUT2D eigenvalue weighted by Crippen LogP contribution is -2.30.